The van der Waals surface area contributed by atoms with Crippen LogP contribution in [0.4, 0.5) is 0 Å². The highest BCUT2D eigenvalue weighted by Gasteiger charge is 2.07. The van der Waals surface area contributed by atoms with Crippen molar-refractivity contribution in [3.8, 4) is 5.75 Å². The maximum Gasteiger partial charge on any atom is 0.146 e. The Kier molecular flexibility index (Phi) is 7.02. The first kappa shape index (κ1) is 19.1. The minimum Gasteiger partial charge on any atom is -0.486 e. The Balaban J connectivity index is 1.52. The summed E-state index contributed by atoms with van der Waals surface area (Å²) in [5.74, 6) is 1.77. The molecule has 1 heterocycles. The molecule has 0 aliphatic carbocycles. The molecule has 5 heteroatoms. The van der Waals surface area contributed by atoms with Gasteiger partial charge in [0.1, 0.15) is 18.2 Å². The van der Waals surface area contributed by atoms with Crippen LogP contribution < -0.4 is 10.5 Å². The van der Waals surface area contributed by atoms with Gasteiger partial charge in [-0.05, 0) is 29.7 Å². The second-order valence-corrected chi connectivity index (χ2v) is 6.69. The minimum atomic E-state index is 0.471. The maximum atomic E-state index is 5.83. The molecule has 0 saturated carbocycles. The minimum absolute atomic E-state index is 0.471. The van der Waals surface area contributed by atoms with Crippen molar-refractivity contribution in [3.63, 3.8) is 0 Å². The molecule has 2 N–H and O–H groups in total. The van der Waals surface area contributed by atoms with Crippen molar-refractivity contribution in [1.29, 1.82) is 0 Å². The van der Waals surface area contributed by atoms with E-state index in [9.17, 15) is 0 Å². The Morgan fingerprint density at radius 1 is 1.00 bits per heavy atom. The number of hydrogen-bond acceptors (Lipinski definition) is 4. The van der Waals surface area contributed by atoms with Gasteiger partial charge in [0.05, 0.1) is 0 Å². The summed E-state index contributed by atoms with van der Waals surface area (Å²) >= 11 is 0. The van der Waals surface area contributed by atoms with Crippen LogP contribution in [0.5, 0.6) is 5.75 Å². The number of rotatable bonds is 10. The third-order valence-corrected chi connectivity index (χ3v) is 4.62. The number of hydrogen-bond donors (Lipinski definition) is 1. The van der Waals surface area contributed by atoms with Gasteiger partial charge < -0.3 is 15.0 Å². The zero-order valence-electron chi connectivity index (χ0n) is 15.9. The van der Waals surface area contributed by atoms with Crippen LogP contribution in [0.15, 0.2) is 67.0 Å². The average Bonchev–Trinajstić information content (AvgIpc) is 3.11. The van der Waals surface area contributed by atoms with Gasteiger partial charge in [0.25, 0.3) is 0 Å². The number of benzene rings is 2. The zero-order valence-corrected chi connectivity index (χ0v) is 15.9. The third-order valence-electron chi connectivity index (χ3n) is 4.62. The van der Waals surface area contributed by atoms with E-state index in [0.717, 1.165) is 37.6 Å². The first-order valence-corrected chi connectivity index (χ1v) is 9.39. The smallest absolute Gasteiger partial charge is 0.146 e. The molecular formula is C22H28N4O. The lowest BCUT2D eigenvalue weighted by molar-refractivity contribution is 0.275. The van der Waals surface area contributed by atoms with Crippen LogP contribution in [0, 0.1) is 0 Å². The summed E-state index contributed by atoms with van der Waals surface area (Å²) in [6, 6.07) is 18.9. The third kappa shape index (κ3) is 5.94. The number of aromatic nitrogens is 2. The van der Waals surface area contributed by atoms with E-state index in [1.54, 1.807) is 6.20 Å². The average molecular weight is 364 g/mol. The topological polar surface area (TPSA) is 56.3 Å². The molecular weight excluding hydrogens is 336 g/mol. The van der Waals surface area contributed by atoms with E-state index in [4.69, 9.17) is 10.5 Å². The van der Waals surface area contributed by atoms with Crippen molar-refractivity contribution < 1.29 is 4.74 Å². The zero-order chi connectivity index (χ0) is 18.9. The highest BCUT2D eigenvalue weighted by atomic mass is 16.5. The predicted octanol–water partition coefficient (Wildman–Crippen LogP) is 3.00. The summed E-state index contributed by atoms with van der Waals surface area (Å²) in [7, 11) is 1.97. The molecule has 0 saturated heterocycles. The Labute approximate surface area is 161 Å². The molecule has 0 bridgehead atoms. The second kappa shape index (κ2) is 9.90. The maximum absolute atomic E-state index is 5.83. The molecule has 0 aliphatic heterocycles. The van der Waals surface area contributed by atoms with Gasteiger partial charge in [0.2, 0.25) is 0 Å². The molecule has 1 aromatic heterocycles. The number of nitrogens with two attached hydrogens (primary N) is 1. The predicted molar refractivity (Wildman–Crippen MR) is 108 cm³/mol. The Morgan fingerprint density at radius 3 is 2.44 bits per heavy atom. The van der Waals surface area contributed by atoms with Crippen molar-refractivity contribution in [1.82, 2.24) is 14.5 Å². The van der Waals surface area contributed by atoms with Crippen LogP contribution >= 0.6 is 0 Å². The number of imidazole rings is 1. The summed E-state index contributed by atoms with van der Waals surface area (Å²) in [5.41, 5.74) is 8.43. The second-order valence-electron chi connectivity index (χ2n) is 6.69. The van der Waals surface area contributed by atoms with E-state index in [2.05, 4.69) is 52.3 Å². The van der Waals surface area contributed by atoms with Gasteiger partial charge in [0, 0.05) is 45.6 Å². The van der Waals surface area contributed by atoms with Gasteiger partial charge in [-0.15, -0.1) is 0 Å². The first-order valence-electron chi connectivity index (χ1n) is 9.39. The van der Waals surface area contributed by atoms with Crippen molar-refractivity contribution >= 4 is 0 Å². The molecule has 2 aromatic carbocycles. The quantitative estimate of drug-likeness (QED) is 0.601. The van der Waals surface area contributed by atoms with Crippen LogP contribution in [0.25, 0.3) is 0 Å². The van der Waals surface area contributed by atoms with E-state index < -0.39 is 0 Å². The Morgan fingerprint density at radius 2 is 1.78 bits per heavy atom. The molecule has 3 aromatic rings. The summed E-state index contributed by atoms with van der Waals surface area (Å²) in [5, 5.41) is 0. The van der Waals surface area contributed by atoms with Crippen LogP contribution in [0.2, 0.25) is 0 Å². The molecule has 0 radical (unpaired) electrons. The molecule has 0 aliphatic rings. The van der Waals surface area contributed by atoms with Crippen LogP contribution in [0.3, 0.4) is 0 Å². The molecule has 142 valence electrons. The van der Waals surface area contributed by atoms with Gasteiger partial charge >= 0.3 is 0 Å². The van der Waals surface area contributed by atoms with Crippen LogP contribution in [-0.2, 0) is 26.6 Å². The molecule has 0 unspecified atom stereocenters. The summed E-state index contributed by atoms with van der Waals surface area (Å²) < 4.78 is 7.79. The van der Waals surface area contributed by atoms with Gasteiger partial charge in [0.15, 0.2) is 0 Å². The largest absolute Gasteiger partial charge is 0.486 e. The fourth-order valence-electron chi connectivity index (χ4n) is 3.02. The van der Waals surface area contributed by atoms with Gasteiger partial charge in [-0.3, -0.25) is 4.90 Å². The SMILES string of the molecule is Cn1ccnc1COc1ccc(CN(CCN)CCc2ccccc2)cc1. The van der Waals surface area contributed by atoms with Gasteiger partial charge in [-0.1, -0.05) is 42.5 Å². The molecule has 0 amide bonds. The Hall–Kier alpha value is -2.63. The van der Waals surface area contributed by atoms with Crippen LogP contribution in [-0.4, -0.2) is 34.1 Å². The highest BCUT2D eigenvalue weighted by Crippen LogP contribution is 2.15. The van der Waals surface area contributed by atoms with E-state index in [0.29, 0.717) is 13.2 Å². The highest BCUT2D eigenvalue weighted by molar-refractivity contribution is 5.27. The lowest BCUT2D eigenvalue weighted by Gasteiger charge is -2.22. The summed E-state index contributed by atoms with van der Waals surface area (Å²) in [6.07, 6.45) is 4.73. The van der Waals surface area contributed by atoms with Gasteiger partial charge in [-0.2, -0.15) is 0 Å². The molecule has 0 atom stereocenters. The summed E-state index contributed by atoms with van der Waals surface area (Å²) in [6.45, 7) is 3.92. The van der Waals surface area contributed by atoms with Gasteiger partial charge in [-0.25, -0.2) is 4.98 Å². The molecule has 0 spiro atoms. The van der Waals surface area contributed by atoms with Crippen LogP contribution in [0.1, 0.15) is 17.0 Å². The van der Waals surface area contributed by atoms with E-state index in [-0.39, 0.29) is 0 Å². The van der Waals surface area contributed by atoms with Crippen molar-refractivity contribution in [2.45, 2.75) is 19.6 Å². The lowest BCUT2D eigenvalue weighted by Crippen LogP contribution is -2.31. The molecule has 0 fully saturated rings. The normalized spacial score (nSPS) is 11.1. The monoisotopic (exact) mass is 364 g/mol. The Bertz CT molecular complexity index is 799. The number of ether oxygens (including phenoxy) is 1. The molecule has 27 heavy (non-hydrogen) atoms. The molecule has 5 nitrogen and oxygen atoms in total. The van der Waals surface area contributed by atoms with E-state index in [1.807, 2.05) is 29.9 Å². The molecule has 3 rings (SSSR count). The fourth-order valence-corrected chi connectivity index (χ4v) is 3.02. The van der Waals surface area contributed by atoms with E-state index in [1.165, 1.54) is 11.1 Å². The number of aryl methyl sites for hydroxylation is 1. The van der Waals surface area contributed by atoms with E-state index >= 15 is 0 Å². The van der Waals surface area contributed by atoms with Crippen molar-refractivity contribution in [2.75, 3.05) is 19.6 Å². The van der Waals surface area contributed by atoms with Crippen molar-refractivity contribution in [3.05, 3.63) is 83.9 Å². The lowest BCUT2D eigenvalue weighted by atomic mass is 10.1. The standard InChI is InChI=1S/C22H28N4O/c1-25-16-13-24-22(25)18-27-21-9-7-20(8-10-21)17-26(15-12-23)14-11-19-5-3-2-4-6-19/h2-10,13,16H,11-12,14-15,17-18,23H2,1H3. The number of nitrogens with zero attached hydrogens (tertiary/aromatic N) is 3. The fraction of sp³-hybridized carbons (Fsp3) is 0.318. The van der Waals surface area contributed by atoms with Crippen molar-refractivity contribution in [2.24, 2.45) is 12.8 Å². The summed E-state index contributed by atoms with van der Waals surface area (Å²) in [4.78, 5) is 6.67. The first-order chi connectivity index (χ1) is 13.2.